The maximum Gasteiger partial charge on any atom is 0.119 e. The van der Waals surface area contributed by atoms with E-state index in [0.717, 1.165) is 30.7 Å². The summed E-state index contributed by atoms with van der Waals surface area (Å²) in [6, 6.07) is 8.82. The van der Waals surface area contributed by atoms with Crippen LogP contribution in [0.25, 0.3) is 0 Å². The van der Waals surface area contributed by atoms with Crippen molar-refractivity contribution >= 4 is 0 Å². The predicted molar refractivity (Wildman–Crippen MR) is 90.0 cm³/mol. The van der Waals surface area contributed by atoms with Crippen molar-refractivity contribution in [3.05, 3.63) is 29.8 Å². The lowest BCUT2D eigenvalue weighted by molar-refractivity contribution is 0.242. The quantitative estimate of drug-likeness (QED) is 0.740. The summed E-state index contributed by atoms with van der Waals surface area (Å²) in [5.41, 5.74) is 1.49. The minimum Gasteiger partial charge on any atom is -0.494 e. The van der Waals surface area contributed by atoms with Gasteiger partial charge in [0, 0.05) is 0 Å². The highest BCUT2D eigenvalue weighted by molar-refractivity contribution is 5.30. The van der Waals surface area contributed by atoms with Gasteiger partial charge in [-0.2, -0.15) is 0 Å². The number of rotatable bonds is 7. The third kappa shape index (κ3) is 4.74. The van der Waals surface area contributed by atoms with E-state index in [1.165, 1.54) is 37.8 Å². The molecule has 21 heavy (non-hydrogen) atoms. The van der Waals surface area contributed by atoms with E-state index in [1.54, 1.807) is 0 Å². The number of benzene rings is 1. The molecule has 1 saturated carbocycles. The summed E-state index contributed by atoms with van der Waals surface area (Å²) >= 11 is 0. The first-order valence-corrected chi connectivity index (χ1v) is 8.68. The summed E-state index contributed by atoms with van der Waals surface area (Å²) in [7, 11) is 0. The van der Waals surface area contributed by atoms with Crippen LogP contribution in [0.1, 0.15) is 57.9 Å². The van der Waals surface area contributed by atoms with E-state index in [0.29, 0.717) is 5.92 Å². The second kappa shape index (κ2) is 8.43. The lowest BCUT2D eigenvalue weighted by Gasteiger charge is -2.35. The zero-order chi connectivity index (χ0) is 15.1. The SMILES string of the molecule is CCCNCC1CCC(C)CC1c1ccc(OCC)cc1. The minimum atomic E-state index is 0.703. The molecule has 1 aromatic carbocycles. The van der Waals surface area contributed by atoms with Crippen molar-refractivity contribution in [2.24, 2.45) is 11.8 Å². The van der Waals surface area contributed by atoms with E-state index in [-0.39, 0.29) is 0 Å². The van der Waals surface area contributed by atoms with E-state index in [1.807, 2.05) is 6.92 Å². The summed E-state index contributed by atoms with van der Waals surface area (Å²) in [4.78, 5) is 0. The van der Waals surface area contributed by atoms with Gasteiger partial charge in [0.2, 0.25) is 0 Å². The molecule has 0 saturated heterocycles. The summed E-state index contributed by atoms with van der Waals surface area (Å²) in [5, 5.41) is 3.63. The maximum absolute atomic E-state index is 5.56. The van der Waals surface area contributed by atoms with Gasteiger partial charge in [0.05, 0.1) is 6.61 Å². The Morgan fingerprint density at radius 3 is 2.57 bits per heavy atom. The first-order chi connectivity index (χ1) is 10.2. The van der Waals surface area contributed by atoms with E-state index < -0.39 is 0 Å². The lowest BCUT2D eigenvalue weighted by atomic mass is 9.71. The molecule has 118 valence electrons. The number of hydrogen-bond acceptors (Lipinski definition) is 2. The Balaban J connectivity index is 2.04. The molecule has 0 amide bonds. The molecule has 1 fully saturated rings. The zero-order valence-corrected chi connectivity index (χ0v) is 13.9. The van der Waals surface area contributed by atoms with Crippen LogP contribution in [-0.4, -0.2) is 19.7 Å². The highest BCUT2D eigenvalue weighted by atomic mass is 16.5. The number of ether oxygens (including phenoxy) is 1. The molecule has 1 aromatic rings. The zero-order valence-electron chi connectivity index (χ0n) is 13.9. The second-order valence-corrected chi connectivity index (χ2v) is 6.49. The van der Waals surface area contributed by atoms with Crippen molar-refractivity contribution in [3.63, 3.8) is 0 Å². The van der Waals surface area contributed by atoms with Gasteiger partial charge >= 0.3 is 0 Å². The van der Waals surface area contributed by atoms with Gasteiger partial charge in [-0.05, 0) is 74.7 Å². The molecule has 1 aliphatic carbocycles. The first-order valence-electron chi connectivity index (χ1n) is 8.68. The van der Waals surface area contributed by atoms with Gasteiger partial charge in [-0.25, -0.2) is 0 Å². The molecule has 3 atom stereocenters. The largest absolute Gasteiger partial charge is 0.494 e. The average molecular weight is 289 g/mol. The van der Waals surface area contributed by atoms with Crippen molar-refractivity contribution in [2.45, 2.75) is 52.4 Å². The standard InChI is InChI=1S/C19H31NO/c1-4-12-20-14-17-7-6-15(3)13-19(17)16-8-10-18(11-9-16)21-5-2/h8-11,15,17,19-20H,4-7,12-14H2,1-3H3. The topological polar surface area (TPSA) is 21.3 Å². The fourth-order valence-corrected chi connectivity index (χ4v) is 3.54. The third-order valence-corrected chi connectivity index (χ3v) is 4.71. The van der Waals surface area contributed by atoms with E-state index in [2.05, 4.69) is 43.4 Å². The van der Waals surface area contributed by atoms with Crippen LogP contribution in [0.4, 0.5) is 0 Å². The summed E-state index contributed by atoms with van der Waals surface area (Å²) in [6.07, 6.45) is 5.28. The molecule has 2 nitrogen and oxygen atoms in total. The smallest absolute Gasteiger partial charge is 0.119 e. The maximum atomic E-state index is 5.56. The van der Waals surface area contributed by atoms with Gasteiger partial charge in [-0.15, -0.1) is 0 Å². The highest BCUT2D eigenvalue weighted by Crippen LogP contribution is 2.40. The van der Waals surface area contributed by atoms with E-state index in [4.69, 9.17) is 4.74 Å². The molecular weight excluding hydrogens is 258 g/mol. The summed E-state index contributed by atoms with van der Waals surface area (Å²) in [6.45, 7) is 9.72. The normalized spacial score (nSPS) is 25.8. The molecule has 0 aromatic heterocycles. The van der Waals surface area contributed by atoms with Crippen molar-refractivity contribution in [1.29, 1.82) is 0 Å². The van der Waals surface area contributed by atoms with Crippen molar-refractivity contribution in [3.8, 4) is 5.75 Å². The van der Waals surface area contributed by atoms with E-state index in [9.17, 15) is 0 Å². The van der Waals surface area contributed by atoms with Crippen molar-refractivity contribution < 1.29 is 4.74 Å². The summed E-state index contributed by atoms with van der Waals surface area (Å²) < 4.78 is 5.56. The van der Waals surface area contributed by atoms with E-state index >= 15 is 0 Å². The van der Waals surface area contributed by atoms with Gasteiger partial charge in [-0.3, -0.25) is 0 Å². The van der Waals surface area contributed by atoms with Crippen LogP contribution < -0.4 is 10.1 Å². The first kappa shape index (κ1) is 16.4. The van der Waals surface area contributed by atoms with Crippen LogP contribution >= 0.6 is 0 Å². The van der Waals surface area contributed by atoms with Crippen LogP contribution in [0.3, 0.4) is 0 Å². The molecule has 0 spiro atoms. The van der Waals surface area contributed by atoms with Crippen LogP contribution in [0.2, 0.25) is 0 Å². The van der Waals surface area contributed by atoms with Crippen molar-refractivity contribution in [2.75, 3.05) is 19.7 Å². The predicted octanol–water partition coefficient (Wildman–Crippen LogP) is 4.60. The lowest BCUT2D eigenvalue weighted by Crippen LogP contribution is -2.31. The Morgan fingerprint density at radius 2 is 1.90 bits per heavy atom. The van der Waals surface area contributed by atoms with Crippen LogP contribution in [0, 0.1) is 11.8 Å². The minimum absolute atomic E-state index is 0.703. The Kier molecular flexibility index (Phi) is 6.56. The molecule has 1 aliphatic rings. The molecule has 2 heteroatoms. The van der Waals surface area contributed by atoms with Crippen molar-refractivity contribution in [1.82, 2.24) is 5.32 Å². The molecule has 0 heterocycles. The number of hydrogen-bond donors (Lipinski definition) is 1. The Morgan fingerprint density at radius 1 is 1.14 bits per heavy atom. The Hall–Kier alpha value is -1.02. The van der Waals surface area contributed by atoms with Crippen LogP contribution in [-0.2, 0) is 0 Å². The van der Waals surface area contributed by atoms with Gasteiger partial charge < -0.3 is 10.1 Å². The molecular formula is C19H31NO. The second-order valence-electron chi connectivity index (χ2n) is 6.49. The van der Waals surface area contributed by atoms with Crippen LogP contribution in [0.15, 0.2) is 24.3 Å². The third-order valence-electron chi connectivity index (χ3n) is 4.71. The Bertz CT molecular complexity index is 401. The molecule has 0 bridgehead atoms. The van der Waals surface area contributed by atoms with Gasteiger partial charge in [0.25, 0.3) is 0 Å². The Labute approximate surface area is 130 Å². The molecule has 3 unspecified atom stereocenters. The van der Waals surface area contributed by atoms with Gasteiger partial charge in [0.1, 0.15) is 5.75 Å². The van der Waals surface area contributed by atoms with Gasteiger partial charge in [-0.1, -0.05) is 32.4 Å². The van der Waals surface area contributed by atoms with Crippen LogP contribution in [0.5, 0.6) is 5.75 Å². The monoisotopic (exact) mass is 289 g/mol. The molecule has 0 aliphatic heterocycles. The number of nitrogens with one attached hydrogen (secondary N) is 1. The highest BCUT2D eigenvalue weighted by Gasteiger charge is 2.29. The molecule has 0 radical (unpaired) electrons. The average Bonchev–Trinajstić information content (AvgIpc) is 2.50. The van der Waals surface area contributed by atoms with Gasteiger partial charge in [0.15, 0.2) is 0 Å². The fraction of sp³-hybridized carbons (Fsp3) is 0.684. The fourth-order valence-electron chi connectivity index (χ4n) is 3.54. The molecule has 2 rings (SSSR count). The summed E-state index contributed by atoms with van der Waals surface area (Å²) in [5.74, 6) is 3.33. The molecule has 1 N–H and O–H groups in total.